The molecule has 1 fully saturated rings. The Morgan fingerprint density at radius 2 is 2.41 bits per heavy atom. The van der Waals surface area contributed by atoms with Crippen molar-refractivity contribution >= 4 is 11.7 Å². The number of nitrogens with two attached hydrogens (primary N) is 1. The lowest BCUT2D eigenvalue weighted by Crippen LogP contribution is -2.46. The van der Waals surface area contributed by atoms with Crippen LogP contribution in [0, 0.1) is 0 Å². The standard InChI is InChI=1S/C11H17N5O/c1-16-4-2-3-8(7-16)14-11(17)9-5-13-6-10(12)15-9/h5-6,8H,2-4,7H2,1H3,(H2,12,15)(H,14,17). The zero-order valence-electron chi connectivity index (χ0n) is 9.89. The summed E-state index contributed by atoms with van der Waals surface area (Å²) in [7, 11) is 2.05. The Morgan fingerprint density at radius 1 is 1.59 bits per heavy atom. The summed E-state index contributed by atoms with van der Waals surface area (Å²) in [5.74, 6) is 0.0588. The van der Waals surface area contributed by atoms with Gasteiger partial charge in [0.05, 0.1) is 12.4 Å². The smallest absolute Gasteiger partial charge is 0.271 e. The number of nitrogen functional groups attached to an aromatic ring is 1. The van der Waals surface area contributed by atoms with Crippen molar-refractivity contribution in [3.8, 4) is 0 Å². The van der Waals surface area contributed by atoms with Crippen molar-refractivity contribution in [3.63, 3.8) is 0 Å². The number of carbonyl (C=O) groups is 1. The molecule has 0 spiro atoms. The van der Waals surface area contributed by atoms with Crippen LogP contribution < -0.4 is 11.1 Å². The van der Waals surface area contributed by atoms with Gasteiger partial charge in [0.2, 0.25) is 0 Å². The summed E-state index contributed by atoms with van der Waals surface area (Å²) in [5, 5.41) is 2.95. The first-order chi connectivity index (χ1) is 8.15. The van der Waals surface area contributed by atoms with E-state index in [9.17, 15) is 4.79 Å². The minimum absolute atomic E-state index is 0.185. The number of nitrogens with one attached hydrogen (secondary N) is 1. The summed E-state index contributed by atoms with van der Waals surface area (Å²) in [6.45, 7) is 1.96. The molecule has 6 heteroatoms. The Labute approximate surface area is 100 Å². The highest BCUT2D eigenvalue weighted by atomic mass is 16.2. The number of likely N-dealkylation sites (tertiary alicyclic amines) is 1. The van der Waals surface area contributed by atoms with E-state index in [2.05, 4.69) is 27.2 Å². The van der Waals surface area contributed by atoms with Crippen molar-refractivity contribution in [1.29, 1.82) is 0 Å². The van der Waals surface area contributed by atoms with Crippen LogP contribution in [-0.4, -0.2) is 47.0 Å². The number of rotatable bonds is 2. The Bertz CT molecular complexity index is 409. The summed E-state index contributed by atoms with van der Waals surface area (Å²) in [6, 6.07) is 0.185. The zero-order valence-corrected chi connectivity index (χ0v) is 9.89. The third-order valence-corrected chi connectivity index (χ3v) is 2.85. The Hall–Kier alpha value is -1.69. The van der Waals surface area contributed by atoms with Gasteiger partial charge in [0.1, 0.15) is 11.5 Å². The second-order valence-electron chi connectivity index (χ2n) is 4.40. The van der Waals surface area contributed by atoms with Crippen molar-refractivity contribution in [1.82, 2.24) is 20.2 Å². The van der Waals surface area contributed by atoms with Crippen molar-refractivity contribution in [3.05, 3.63) is 18.1 Å². The summed E-state index contributed by atoms with van der Waals surface area (Å²) >= 11 is 0. The van der Waals surface area contributed by atoms with Gasteiger partial charge in [-0.25, -0.2) is 4.98 Å². The van der Waals surface area contributed by atoms with Crippen LogP contribution in [0.1, 0.15) is 23.3 Å². The normalized spacial score (nSPS) is 21.1. The van der Waals surface area contributed by atoms with E-state index >= 15 is 0 Å². The third kappa shape index (κ3) is 3.13. The lowest BCUT2D eigenvalue weighted by Gasteiger charge is -2.30. The summed E-state index contributed by atoms with van der Waals surface area (Å²) in [4.78, 5) is 21.9. The number of anilines is 1. The molecule has 0 bridgehead atoms. The summed E-state index contributed by atoms with van der Waals surface area (Å²) in [5.41, 5.74) is 5.77. The fraction of sp³-hybridized carbons (Fsp3) is 0.545. The predicted octanol–water partition coefficient (Wildman–Crippen LogP) is -0.117. The molecular formula is C11H17N5O. The van der Waals surface area contributed by atoms with E-state index in [1.54, 1.807) is 0 Å². The van der Waals surface area contributed by atoms with Gasteiger partial charge in [-0.05, 0) is 26.4 Å². The van der Waals surface area contributed by atoms with Crippen molar-refractivity contribution in [2.75, 3.05) is 25.9 Å². The SMILES string of the molecule is CN1CCCC(NC(=O)c2cncc(N)n2)C1. The Balaban J connectivity index is 1.97. The van der Waals surface area contributed by atoms with Crippen molar-refractivity contribution in [2.45, 2.75) is 18.9 Å². The number of nitrogens with zero attached hydrogens (tertiary/aromatic N) is 3. The molecule has 92 valence electrons. The second kappa shape index (κ2) is 5.09. The quantitative estimate of drug-likeness (QED) is 0.746. The molecule has 0 aliphatic carbocycles. The van der Waals surface area contributed by atoms with E-state index in [4.69, 9.17) is 5.73 Å². The molecular weight excluding hydrogens is 218 g/mol. The highest BCUT2D eigenvalue weighted by Gasteiger charge is 2.20. The average molecular weight is 235 g/mol. The molecule has 0 aromatic carbocycles. The van der Waals surface area contributed by atoms with Crippen molar-refractivity contribution in [2.24, 2.45) is 0 Å². The van der Waals surface area contributed by atoms with Crippen LogP contribution in [0.2, 0.25) is 0 Å². The molecule has 1 unspecified atom stereocenters. The van der Waals surface area contributed by atoms with E-state index in [1.807, 2.05) is 0 Å². The highest BCUT2D eigenvalue weighted by Crippen LogP contribution is 2.08. The van der Waals surface area contributed by atoms with E-state index in [-0.39, 0.29) is 23.5 Å². The van der Waals surface area contributed by atoms with Crippen LogP contribution in [0.3, 0.4) is 0 Å². The van der Waals surface area contributed by atoms with Crippen LogP contribution >= 0.6 is 0 Å². The van der Waals surface area contributed by atoms with Gasteiger partial charge in [-0.1, -0.05) is 0 Å². The first-order valence-corrected chi connectivity index (χ1v) is 5.72. The first-order valence-electron chi connectivity index (χ1n) is 5.72. The maximum atomic E-state index is 11.9. The molecule has 1 aliphatic rings. The van der Waals surface area contributed by atoms with Gasteiger partial charge < -0.3 is 16.0 Å². The average Bonchev–Trinajstić information content (AvgIpc) is 2.29. The van der Waals surface area contributed by atoms with Crippen LogP contribution in [0.4, 0.5) is 5.82 Å². The zero-order chi connectivity index (χ0) is 12.3. The van der Waals surface area contributed by atoms with Gasteiger partial charge in [0.15, 0.2) is 0 Å². The van der Waals surface area contributed by atoms with E-state index in [0.29, 0.717) is 0 Å². The van der Waals surface area contributed by atoms with Crippen LogP contribution in [0.25, 0.3) is 0 Å². The Kier molecular flexibility index (Phi) is 3.53. The molecule has 1 aromatic heterocycles. The number of likely N-dealkylation sites (N-methyl/N-ethyl adjacent to an activating group) is 1. The maximum Gasteiger partial charge on any atom is 0.271 e. The fourth-order valence-electron chi connectivity index (χ4n) is 2.03. The molecule has 6 nitrogen and oxygen atoms in total. The molecule has 1 saturated heterocycles. The number of piperidine rings is 1. The maximum absolute atomic E-state index is 11.9. The summed E-state index contributed by atoms with van der Waals surface area (Å²) in [6.07, 6.45) is 4.96. The first kappa shape index (κ1) is 11.8. The van der Waals surface area contributed by atoms with E-state index < -0.39 is 0 Å². The molecule has 2 rings (SSSR count). The molecule has 1 amide bonds. The molecule has 0 saturated carbocycles. The van der Waals surface area contributed by atoms with Gasteiger partial charge in [-0.2, -0.15) is 0 Å². The number of hydrogen-bond acceptors (Lipinski definition) is 5. The molecule has 3 N–H and O–H groups in total. The third-order valence-electron chi connectivity index (χ3n) is 2.85. The van der Waals surface area contributed by atoms with Crippen LogP contribution in [0.5, 0.6) is 0 Å². The molecule has 0 radical (unpaired) electrons. The molecule has 2 heterocycles. The summed E-state index contributed by atoms with van der Waals surface area (Å²) < 4.78 is 0. The Morgan fingerprint density at radius 3 is 3.12 bits per heavy atom. The van der Waals surface area contributed by atoms with Gasteiger partial charge >= 0.3 is 0 Å². The second-order valence-corrected chi connectivity index (χ2v) is 4.40. The van der Waals surface area contributed by atoms with Gasteiger partial charge in [0.25, 0.3) is 5.91 Å². The van der Waals surface area contributed by atoms with Gasteiger partial charge in [-0.3, -0.25) is 9.78 Å². The lowest BCUT2D eigenvalue weighted by atomic mass is 10.1. The predicted molar refractivity (Wildman–Crippen MR) is 64.4 cm³/mol. The molecule has 1 aromatic rings. The minimum atomic E-state index is -0.204. The lowest BCUT2D eigenvalue weighted by molar-refractivity contribution is 0.0907. The topological polar surface area (TPSA) is 84.1 Å². The number of amides is 1. The molecule has 17 heavy (non-hydrogen) atoms. The molecule has 1 atom stereocenters. The number of aromatic nitrogens is 2. The minimum Gasteiger partial charge on any atom is -0.382 e. The van der Waals surface area contributed by atoms with E-state index in [0.717, 1.165) is 25.9 Å². The van der Waals surface area contributed by atoms with Crippen LogP contribution in [-0.2, 0) is 0 Å². The van der Waals surface area contributed by atoms with Crippen molar-refractivity contribution < 1.29 is 4.79 Å². The number of carbonyl (C=O) groups excluding carboxylic acids is 1. The van der Waals surface area contributed by atoms with Gasteiger partial charge in [0, 0.05) is 12.6 Å². The monoisotopic (exact) mass is 235 g/mol. The van der Waals surface area contributed by atoms with Gasteiger partial charge in [-0.15, -0.1) is 0 Å². The largest absolute Gasteiger partial charge is 0.382 e. The van der Waals surface area contributed by atoms with E-state index in [1.165, 1.54) is 12.4 Å². The fourth-order valence-corrected chi connectivity index (χ4v) is 2.03. The number of hydrogen-bond donors (Lipinski definition) is 2. The van der Waals surface area contributed by atoms with Crippen LogP contribution in [0.15, 0.2) is 12.4 Å². The highest BCUT2D eigenvalue weighted by molar-refractivity contribution is 5.92. The molecule has 1 aliphatic heterocycles.